The second-order valence-electron chi connectivity index (χ2n) is 6.95. The fourth-order valence-electron chi connectivity index (χ4n) is 3.27. The van der Waals surface area contributed by atoms with Gasteiger partial charge in [-0.3, -0.25) is 4.79 Å². The van der Waals surface area contributed by atoms with Crippen molar-refractivity contribution in [3.05, 3.63) is 17.1 Å². The normalized spacial score (nSPS) is 21.8. The Morgan fingerprint density at radius 2 is 2.04 bits per heavy atom. The number of hydrogen-bond acceptors (Lipinski definition) is 5. The Kier molecular flexibility index (Phi) is 3.26. The zero-order valence-corrected chi connectivity index (χ0v) is 13.4. The predicted octanol–water partition coefficient (Wildman–Crippen LogP) is 1.59. The van der Waals surface area contributed by atoms with Crippen LogP contribution in [0.4, 0.5) is 5.82 Å². The van der Waals surface area contributed by atoms with E-state index < -0.39 is 5.41 Å². The average Bonchev–Trinajstić information content (AvgIpc) is 3.41. The van der Waals surface area contributed by atoms with E-state index in [1.54, 1.807) is 0 Å². The number of nitriles is 1. The number of nitrogens with one attached hydrogen (secondary N) is 1. The summed E-state index contributed by atoms with van der Waals surface area (Å²) in [5, 5.41) is 12.8. The van der Waals surface area contributed by atoms with Crippen molar-refractivity contribution in [2.24, 2.45) is 5.41 Å². The van der Waals surface area contributed by atoms with Crippen LogP contribution in [-0.4, -0.2) is 39.9 Å². The summed E-state index contributed by atoms with van der Waals surface area (Å²) in [6, 6.07) is 2.76. The van der Waals surface area contributed by atoms with Crippen LogP contribution < -0.4 is 5.32 Å². The largest absolute Gasteiger partial charge is 0.367 e. The van der Waals surface area contributed by atoms with Gasteiger partial charge >= 0.3 is 0 Å². The number of carbonyl (C=O) groups is 1. The summed E-state index contributed by atoms with van der Waals surface area (Å²) in [5.74, 6) is 1.74. The summed E-state index contributed by atoms with van der Waals surface area (Å²) >= 11 is 0. The van der Waals surface area contributed by atoms with Crippen LogP contribution in [0.5, 0.6) is 0 Å². The van der Waals surface area contributed by atoms with Crippen LogP contribution in [-0.2, 0) is 17.6 Å². The zero-order valence-electron chi connectivity index (χ0n) is 13.4. The first-order chi connectivity index (χ1) is 11.1. The van der Waals surface area contributed by atoms with Crippen molar-refractivity contribution < 1.29 is 4.79 Å². The highest BCUT2D eigenvalue weighted by atomic mass is 16.2. The molecule has 1 aliphatic heterocycles. The van der Waals surface area contributed by atoms with Gasteiger partial charge in [-0.15, -0.1) is 0 Å². The molecule has 2 fully saturated rings. The van der Waals surface area contributed by atoms with E-state index >= 15 is 0 Å². The lowest BCUT2D eigenvalue weighted by atomic mass is 10.1. The van der Waals surface area contributed by atoms with Gasteiger partial charge in [0, 0.05) is 31.1 Å². The number of hydrogen-bond donors (Lipinski definition) is 1. The van der Waals surface area contributed by atoms with Crippen LogP contribution in [0.2, 0.25) is 0 Å². The molecule has 1 aromatic heterocycles. The van der Waals surface area contributed by atoms with Gasteiger partial charge in [0.05, 0.1) is 11.8 Å². The molecule has 2 heterocycles. The molecule has 1 aromatic rings. The number of aromatic nitrogens is 2. The zero-order chi connectivity index (χ0) is 16.0. The van der Waals surface area contributed by atoms with E-state index in [4.69, 9.17) is 0 Å². The maximum Gasteiger partial charge on any atom is 0.243 e. The van der Waals surface area contributed by atoms with Crippen LogP contribution in [0, 0.1) is 23.7 Å². The Hall–Kier alpha value is -2.16. The fourth-order valence-corrected chi connectivity index (χ4v) is 3.27. The molecule has 2 saturated carbocycles. The minimum absolute atomic E-state index is 0.00851. The molecular weight excluding hydrogens is 290 g/mol. The lowest BCUT2D eigenvalue weighted by molar-refractivity contribution is -0.134. The first-order valence-corrected chi connectivity index (χ1v) is 8.45. The Morgan fingerprint density at radius 3 is 2.70 bits per heavy atom. The third kappa shape index (κ3) is 2.65. The summed E-state index contributed by atoms with van der Waals surface area (Å²) in [6.07, 6.45) is 5.32. The third-order valence-corrected chi connectivity index (χ3v) is 5.03. The van der Waals surface area contributed by atoms with Crippen LogP contribution >= 0.6 is 0 Å². The van der Waals surface area contributed by atoms with Gasteiger partial charge in [0.15, 0.2) is 0 Å². The van der Waals surface area contributed by atoms with E-state index in [1.165, 1.54) is 12.8 Å². The van der Waals surface area contributed by atoms with Crippen molar-refractivity contribution in [2.45, 2.75) is 51.5 Å². The van der Waals surface area contributed by atoms with Crippen molar-refractivity contribution in [2.75, 3.05) is 18.4 Å². The highest BCUT2D eigenvalue weighted by molar-refractivity contribution is 5.88. The minimum atomic E-state index is -0.729. The lowest BCUT2D eigenvalue weighted by Gasteiger charge is -2.22. The highest BCUT2D eigenvalue weighted by Gasteiger charge is 2.52. The van der Waals surface area contributed by atoms with Crippen molar-refractivity contribution in [3.8, 4) is 6.07 Å². The van der Waals surface area contributed by atoms with Gasteiger partial charge in [-0.25, -0.2) is 9.97 Å². The van der Waals surface area contributed by atoms with Crippen LogP contribution in [0.3, 0.4) is 0 Å². The summed E-state index contributed by atoms with van der Waals surface area (Å²) in [7, 11) is 0. The number of rotatable bonds is 3. The van der Waals surface area contributed by atoms with Crippen LogP contribution in [0.25, 0.3) is 0 Å². The first-order valence-electron chi connectivity index (χ1n) is 8.45. The van der Waals surface area contributed by atoms with Gasteiger partial charge < -0.3 is 10.2 Å². The second kappa shape index (κ2) is 5.19. The summed E-state index contributed by atoms with van der Waals surface area (Å²) in [5.41, 5.74) is 1.48. The molecule has 120 valence electrons. The van der Waals surface area contributed by atoms with E-state index in [1.807, 2.05) is 11.8 Å². The van der Waals surface area contributed by atoms with E-state index in [2.05, 4.69) is 21.4 Å². The number of fused-ring (bicyclic) bond motifs is 1. The predicted molar refractivity (Wildman–Crippen MR) is 84.7 cm³/mol. The lowest BCUT2D eigenvalue weighted by Crippen LogP contribution is -2.38. The van der Waals surface area contributed by atoms with Crippen molar-refractivity contribution >= 4 is 11.7 Å². The SMILES string of the molecule is Cc1nc2c(c(NC3CC3)n1)CCN(C(=O)C1(C#N)CC1)CC2. The Labute approximate surface area is 135 Å². The number of nitrogens with zero attached hydrogens (tertiary/aromatic N) is 4. The van der Waals surface area contributed by atoms with E-state index in [0.717, 1.165) is 35.7 Å². The monoisotopic (exact) mass is 311 g/mol. The smallest absolute Gasteiger partial charge is 0.243 e. The first kappa shape index (κ1) is 14.4. The molecule has 0 saturated heterocycles. The standard InChI is InChI=1S/C17H21N5O/c1-11-19-14-5-9-22(16(23)17(10-18)6-7-17)8-4-13(14)15(20-11)21-12-2-3-12/h12H,2-9H2,1H3,(H,19,20,21). The van der Waals surface area contributed by atoms with Crippen LogP contribution in [0.15, 0.2) is 0 Å². The van der Waals surface area contributed by atoms with Crippen LogP contribution in [0.1, 0.15) is 42.8 Å². The molecule has 2 aliphatic carbocycles. The highest BCUT2D eigenvalue weighted by Crippen LogP contribution is 2.46. The van der Waals surface area contributed by atoms with Gasteiger partial charge in [0.1, 0.15) is 17.1 Å². The maximum atomic E-state index is 12.6. The topological polar surface area (TPSA) is 81.9 Å². The van der Waals surface area contributed by atoms with Gasteiger partial charge in [0.2, 0.25) is 5.91 Å². The summed E-state index contributed by atoms with van der Waals surface area (Å²) in [6.45, 7) is 3.22. The number of amides is 1. The van der Waals surface area contributed by atoms with Crippen molar-refractivity contribution in [3.63, 3.8) is 0 Å². The third-order valence-electron chi connectivity index (χ3n) is 5.03. The van der Waals surface area contributed by atoms with Crippen molar-refractivity contribution in [1.82, 2.24) is 14.9 Å². The Morgan fingerprint density at radius 1 is 1.30 bits per heavy atom. The number of aryl methyl sites for hydroxylation is 1. The molecule has 1 N–H and O–H groups in total. The van der Waals surface area contributed by atoms with E-state index in [9.17, 15) is 10.1 Å². The van der Waals surface area contributed by atoms with Gasteiger partial charge in [0.25, 0.3) is 0 Å². The number of carbonyl (C=O) groups excluding carboxylic acids is 1. The molecule has 0 unspecified atom stereocenters. The Balaban J connectivity index is 1.56. The fraction of sp³-hybridized carbons (Fsp3) is 0.647. The molecule has 0 radical (unpaired) electrons. The van der Waals surface area contributed by atoms with E-state index in [-0.39, 0.29) is 5.91 Å². The molecule has 0 atom stereocenters. The molecule has 3 aliphatic rings. The van der Waals surface area contributed by atoms with Gasteiger partial charge in [-0.05, 0) is 39.0 Å². The molecule has 0 bridgehead atoms. The average molecular weight is 311 g/mol. The maximum absolute atomic E-state index is 12.6. The molecule has 23 heavy (non-hydrogen) atoms. The second-order valence-corrected chi connectivity index (χ2v) is 6.95. The molecule has 6 heteroatoms. The quantitative estimate of drug-likeness (QED) is 0.916. The summed E-state index contributed by atoms with van der Waals surface area (Å²) < 4.78 is 0. The molecular formula is C17H21N5O. The van der Waals surface area contributed by atoms with Gasteiger partial charge in [-0.2, -0.15) is 5.26 Å². The van der Waals surface area contributed by atoms with Crippen molar-refractivity contribution in [1.29, 1.82) is 5.26 Å². The number of anilines is 1. The van der Waals surface area contributed by atoms with Gasteiger partial charge in [-0.1, -0.05) is 0 Å². The molecule has 6 nitrogen and oxygen atoms in total. The van der Waals surface area contributed by atoms with E-state index in [0.29, 0.717) is 32.0 Å². The minimum Gasteiger partial charge on any atom is -0.367 e. The molecule has 4 rings (SSSR count). The molecule has 1 amide bonds. The Bertz CT molecular complexity index is 700. The summed E-state index contributed by atoms with van der Waals surface area (Å²) in [4.78, 5) is 23.6. The molecule has 0 aromatic carbocycles. The molecule has 0 spiro atoms.